The summed E-state index contributed by atoms with van der Waals surface area (Å²) in [5, 5.41) is 7.00. The first-order chi connectivity index (χ1) is 6.27. The van der Waals surface area contributed by atoms with Crippen molar-refractivity contribution in [2.45, 2.75) is 44.8 Å². The van der Waals surface area contributed by atoms with Crippen molar-refractivity contribution in [1.29, 1.82) is 5.41 Å². The predicted octanol–water partition coefficient (Wildman–Crippen LogP) is 1.58. The van der Waals surface area contributed by atoms with E-state index in [0.29, 0.717) is 0 Å². The van der Waals surface area contributed by atoms with Crippen molar-refractivity contribution in [1.82, 2.24) is 0 Å². The van der Waals surface area contributed by atoms with E-state index < -0.39 is 0 Å². The molecule has 0 atom stereocenters. The van der Waals surface area contributed by atoms with Gasteiger partial charge in [-0.15, -0.1) is 0 Å². The third-order valence-corrected chi connectivity index (χ3v) is 1.91. The molecule has 0 aliphatic carbocycles. The highest BCUT2D eigenvalue weighted by Gasteiger charge is 1.93. The molecule has 0 spiro atoms. The lowest BCUT2D eigenvalue weighted by atomic mass is 9.75. The standard InChI is InChI=1S/C9H18BN2O/c11-9(12)6-4-2-1-3-5-7-10-8-13/h8H,1-7H2,(H3,11,12). The van der Waals surface area contributed by atoms with Crippen LogP contribution in [0.4, 0.5) is 0 Å². The van der Waals surface area contributed by atoms with E-state index in [-0.39, 0.29) is 5.84 Å². The minimum Gasteiger partial charge on any atom is -0.388 e. The van der Waals surface area contributed by atoms with Gasteiger partial charge in [-0.3, -0.25) is 5.41 Å². The summed E-state index contributed by atoms with van der Waals surface area (Å²) in [4.78, 5) is 9.92. The Kier molecular flexibility index (Phi) is 8.73. The Morgan fingerprint density at radius 2 is 1.85 bits per heavy atom. The maximum Gasteiger partial charge on any atom is 0.197 e. The molecule has 0 aliphatic rings. The zero-order valence-corrected chi connectivity index (χ0v) is 8.09. The molecule has 4 heteroatoms. The number of rotatable bonds is 9. The molecule has 3 N–H and O–H groups in total. The van der Waals surface area contributed by atoms with Gasteiger partial charge in [0.1, 0.15) is 0 Å². The monoisotopic (exact) mass is 181 g/mol. The molecule has 0 amide bonds. The molecule has 0 fully saturated rings. The van der Waals surface area contributed by atoms with Gasteiger partial charge in [0, 0.05) is 6.42 Å². The molecule has 3 nitrogen and oxygen atoms in total. The second-order valence-electron chi connectivity index (χ2n) is 3.20. The van der Waals surface area contributed by atoms with Crippen LogP contribution in [-0.4, -0.2) is 19.3 Å². The molecule has 0 saturated carbocycles. The van der Waals surface area contributed by atoms with Crippen molar-refractivity contribution in [2.75, 3.05) is 0 Å². The molecule has 0 aromatic rings. The fourth-order valence-corrected chi connectivity index (χ4v) is 1.18. The average Bonchev–Trinajstić information content (AvgIpc) is 2.09. The van der Waals surface area contributed by atoms with Gasteiger partial charge in [0.25, 0.3) is 0 Å². The van der Waals surface area contributed by atoms with E-state index in [1.54, 1.807) is 7.28 Å². The second-order valence-corrected chi connectivity index (χ2v) is 3.20. The van der Waals surface area contributed by atoms with Gasteiger partial charge in [-0.25, -0.2) is 0 Å². The number of hydrogen-bond donors (Lipinski definition) is 2. The van der Waals surface area contributed by atoms with Crippen molar-refractivity contribution in [2.24, 2.45) is 5.73 Å². The summed E-state index contributed by atoms with van der Waals surface area (Å²) >= 11 is 0. The van der Waals surface area contributed by atoms with Crippen LogP contribution in [0.1, 0.15) is 38.5 Å². The van der Waals surface area contributed by atoms with E-state index in [0.717, 1.165) is 38.2 Å². The van der Waals surface area contributed by atoms with Gasteiger partial charge in [-0.05, 0) is 6.42 Å². The van der Waals surface area contributed by atoms with Crippen molar-refractivity contribution in [3.8, 4) is 0 Å². The number of amidine groups is 1. The number of unbranched alkanes of at least 4 members (excludes halogenated alkanes) is 4. The third kappa shape index (κ3) is 11.2. The van der Waals surface area contributed by atoms with E-state index in [9.17, 15) is 4.79 Å². The molecule has 0 rings (SSSR count). The summed E-state index contributed by atoms with van der Waals surface area (Å²) in [5.41, 5.74) is 5.21. The molecule has 1 radical (unpaired) electrons. The van der Waals surface area contributed by atoms with Gasteiger partial charge < -0.3 is 10.5 Å². The zero-order chi connectivity index (χ0) is 9.94. The van der Waals surface area contributed by atoms with E-state index in [4.69, 9.17) is 11.1 Å². The summed E-state index contributed by atoms with van der Waals surface area (Å²) in [5.74, 6) is 0.286. The minimum atomic E-state index is 0.286. The summed E-state index contributed by atoms with van der Waals surface area (Å²) < 4.78 is 0. The lowest BCUT2D eigenvalue weighted by Crippen LogP contribution is -2.08. The first kappa shape index (κ1) is 12.2. The fourth-order valence-electron chi connectivity index (χ4n) is 1.18. The topological polar surface area (TPSA) is 66.9 Å². The number of carbonyl (C=O) groups excluding carboxylic acids is 1. The Labute approximate surface area is 80.8 Å². The maximum absolute atomic E-state index is 9.92. The lowest BCUT2D eigenvalue weighted by molar-refractivity contribution is 0.568. The highest BCUT2D eigenvalue weighted by Crippen LogP contribution is 2.06. The molecule has 0 bridgehead atoms. The lowest BCUT2D eigenvalue weighted by Gasteiger charge is -1.99. The quantitative estimate of drug-likeness (QED) is 0.186. The molecule has 0 heterocycles. The molecule has 13 heavy (non-hydrogen) atoms. The maximum atomic E-state index is 9.92. The van der Waals surface area contributed by atoms with Crippen LogP contribution in [-0.2, 0) is 4.79 Å². The van der Waals surface area contributed by atoms with Gasteiger partial charge in [0.05, 0.1) is 12.0 Å². The molecule has 0 saturated heterocycles. The van der Waals surface area contributed by atoms with Gasteiger partial charge in [0.15, 0.2) is 7.28 Å². The van der Waals surface area contributed by atoms with Gasteiger partial charge in [-0.2, -0.15) is 0 Å². The van der Waals surface area contributed by atoms with E-state index in [2.05, 4.69) is 0 Å². The van der Waals surface area contributed by atoms with Crippen LogP contribution in [0, 0.1) is 5.41 Å². The zero-order valence-electron chi connectivity index (χ0n) is 8.09. The van der Waals surface area contributed by atoms with Crippen LogP contribution in [0.2, 0.25) is 6.32 Å². The van der Waals surface area contributed by atoms with Crippen molar-refractivity contribution >= 4 is 19.3 Å². The minimum absolute atomic E-state index is 0.286. The number of hydrogen-bond acceptors (Lipinski definition) is 2. The van der Waals surface area contributed by atoms with Crippen LogP contribution in [0.5, 0.6) is 0 Å². The average molecular weight is 181 g/mol. The summed E-state index contributed by atoms with van der Waals surface area (Å²) in [6, 6.07) is 0. The molecule has 0 aliphatic heterocycles. The highest BCUT2D eigenvalue weighted by atomic mass is 16.1. The van der Waals surface area contributed by atoms with E-state index in [1.807, 2.05) is 0 Å². The van der Waals surface area contributed by atoms with Crippen LogP contribution < -0.4 is 5.73 Å². The Morgan fingerprint density at radius 1 is 1.23 bits per heavy atom. The number of nitrogens with two attached hydrogens (primary N) is 1. The molecule has 73 valence electrons. The highest BCUT2D eigenvalue weighted by molar-refractivity contribution is 6.66. The summed E-state index contributed by atoms with van der Waals surface area (Å²) in [6.07, 6.45) is 8.08. The van der Waals surface area contributed by atoms with Gasteiger partial charge in [-0.1, -0.05) is 32.0 Å². The number of carbonyl (C=O) groups is 1. The molecular weight excluding hydrogens is 163 g/mol. The fraction of sp³-hybridized carbons (Fsp3) is 0.778. The summed E-state index contributed by atoms with van der Waals surface area (Å²) in [7, 11) is 1.66. The Bertz CT molecular complexity index is 151. The Hall–Kier alpha value is -0.795. The van der Waals surface area contributed by atoms with E-state index >= 15 is 0 Å². The van der Waals surface area contributed by atoms with Crippen molar-refractivity contribution in [3.05, 3.63) is 0 Å². The summed E-state index contributed by atoms with van der Waals surface area (Å²) in [6.45, 7) is 0. The van der Waals surface area contributed by atoms with Crippen molar-refractivity contribution < 1.29 is 4.79 Å². The molecule has 0 unspecified atom stereocenters. The van der Waals surface area contributed by atoms with E-state index in [1.165, 1.54) is 12.8 Å². The Balaban J connectivity index is 2.91. The Morgan fingerprint density at radius 3 is 2.46 bits per heavy atom. The number of nitrogens with one attached hydrogen (secondary N) is 1. The van der Waals surface area contributed by atoms with Crippen molar-refractivity contribution in [3.63, 3.8) is 0 Å². The van der Waals surface area contributed by atoms with Crippen LogP contribution in [0.15, 0.2) is 0 Å². The van der Waals surface area contributed by atoms with Crippen LogP contribution in [0.3, 0.4) is 0 Å². The first-order valence-electron chi connectivity index (χ1n) is 4.87. The van der Waals surface area contributed by atoms with Crippen LogP contribution in [0.25, 0.3) is 0 Å². The van der Waals surface area contributed by atoms with Gasteiger partial charge >= 0.3 is 0 Å². The second kappa shape index (κ2) is 9.29. The largest absolute Gasteiger partial charge is 0.388 e. The SMILES string of the molecule is N=C(N)CCCCCCC[B]C=O. The molecular formula is C9H18BN2O. The molecule has 0 aromatic heterocycles. The van der Waals surface area contributed by atoms with Gasteiger partial charge in [0.2, 0.25) is 0 Å². The smallest absolute Gasteiger partial charge is 0.197 e. The first-order valence-corrected chi connectivity index (χ1v) is 4.87. The van der Waals surface area contributed by atoms with Crippen LogP contribution >= 0.6 is 0 Å². The normalized spacial score (nSPS) is 9.54. The molecule has 0 aromatic carbocycles. The predicted molar refractivity (Wildman–Crippen MR) is 56.9 cm³/mol. The third-order valence-electron chi connectivity index (χ3n) is 1.91.